The van der Waals surface area contributed by atoms with E-state index in [1.807, 2.05) is 37.4 Å². The number of sulfonamides is 1. The Bertz CT molecular complexity index is 1030. The van der Waals surface area contributed by atoms with Crippen molar-refractivity contribution in [2.24, 2.45) is 14.1 Å². The molecule has 1 aliphatic rings. The predicted octanol–water partition coefficient (Wildman–Crippen LogP) is -0.239. The third kappa shape index (κ3) is 3.13. The molecule has 9 heteroatoms. The topological polar surface area (TPSA) is 84.6 Å². The summed E-state index contributed by atoms with van der Waals surface area (Å²) in [6.45, 7) is 1.36. The van der Waals surface area contributed by atoms with Gasteiger partial charge in [-0.2, -0.15) is 4.31 Å². The molecule has 1 aliphatic heterocycles. The summed E-state index contributed by atoms with van der Waals surface area (Å²) in [7, 11) is 0.584. The molecule has 8 nitrogen and oxygen atoms in total. The van der Waals surface area contributed by atoms with Crippen molar-refractivity contribution in [1.29, 1.82) is 0 Å². The molecule has 1 saturated heterocycles. The van der Waals surface area contributed by atoms with E-state index in [0.29, 0.717) is 13.1 Å². The van der Waals surface area contributed by atoms with Crippen LogP contribution in [-0.4, -0.2) is 53.4 Å². The van der Waals surface area contributed by atoms with Gasteiger partial charge in [-0.3, -0.25) is 9.36 Å². The van der Waals surface area contributed by atoms with Gasteiger partial charge in [-0.25, -0.2) is 13.2 Å². The lowest BCUT2D eigenvalue weighted by molar-refractivity contribution is 0.160. The molecule has 140 valence electrons. The largest absolute Gasteiger partial charge is 0.330 e. The molecule has 0 saturated carbocycles. The zero-order valence-corrected chi connectivity index (χ0v) is 15.8. The van der Waals surface area contributed by atoms with Gasteiger partial charge < -0.3 is 9.47 Å². The average Bonchev–Trinajstić information content (AvgIpc) is 2.63. The third-order valence-electron chi connectivity index (χ3n) is 4.72. The highest BCUT2D eigenvalue weighted by molar-refractivity contribution is 7.89. The summed E-state index contributed by atoms with van der Waals surface area (Å²) in [5.74, 6) is 0. The lowest BCUT2D eigenvalue weighted by atomic mass is 10.1. The van der Waals surface area contributed by atoms with Crippen molar-refractivity contribution in [3.8, 4) is 0 Å². The van der Waals surface area contributed by atoms with Gasteiger partial charge in [0, 0.05) is 39.9 Å². The molecule has 1 aromatic carbocycles. The van der Waals surface area contributed by atoms with Gasteiger partial charge in [0.25, 0.3) is 15.6 Å². The van der Waals surface area contributed by atoms with E-state index >= 15 is 0 Å². The summed E-state index contributed by atoms with van der Waals surface area (Å²) < 4.78 is 29.9. The number of hydrogen-bond acceptors (Lipinski definition) is 5. The Morgan fingerprint density at radius 2 is 1.65 bits per heavy atom. The van der Waals surface area contributed by atoms with Crippen LogP contribution in [-0.2, 0) is 24.1 Å². The molecule has 2 aromatic rings. The van der Waals surface area contributed by atoms with Crippen molar-refractivity contribution in [3.63, 3.8) is 0 Å². The van der Waals surface area contributed by atoms with E-state index in [9.17, 15) is 18.0 Å². The van der Waals surface area contributed by atoms with E-state index in [1.165, 1.54) is 18.4 Å². The van der Waals surface area contributed by atoms with Gasteiger partial charge in [-0.1, -0.05) is 30.3 Å². The van der Waals surface area contributed by atoms with Crippen molar-refractivity contribution in [2.75, 3.05) is 26.7 Å². The van der Waals surface area contributed by atoms with Crippen LogP contribution in [0.2, 0.25) is 0 Å². The number of nitrogens with zero attached hydrogens (tertiary/aromatic N) is 4. The van der Waals surface area contributed by atoms with Gasteiger partial charge >= 0.3 is 5.69 Å². The molecule has 2 heterocycles. The summed E-state index contributed by atoms with van der Waals surface area (Å²) in [5.41, 5.74) is -0.505. The molecule has 3 rings (SSSR count). The van der Waals surface area contributed by atoms with Crippen molar-refractivity contribution in [3.05, 3.63) is 62.9 Å². The number of piperazine rings is 1. The Morgan fingerprint density at radius 3 is 2.31 bits per heavy atom. The maximum Gasteiger partial charge on any atom is 0.330 e. The first-order chi connectivity index (χ1) is 12.2. The highest BCUT2D eigenvalue weighted by atomic mass is 32.2. The van der Waals surface area contributed by atoms with E-state index in [4.69, 9.17) is 0 Å². The number of hydrogen-bond donors (Lipinski definition) is 0. The summed E-state index contributed by atoms with van der Waals surface area (Å²) in [6.07, 6.45) is 1.11. The van der Waals surface area contributed by atoms with Gasteiger partial charge in [0.2, 0.25) is 0 Å². The van der Waals surface area contributed by atoms with Crippen molar-refractivity contribution in [2.45, 2.75) is 10.9 Å². The van der Waals surface area contributed by atoms with Crippen LogP contribution in [0.25, 0.3) is 0 Å². The van der Waals surface area contributed by atoms with E-state index in [2.05, 4.69) is 4.90 Å². The number of benzene rings is 1. The third-order valence-corrected chi connectivity index (χ3v) is 6.61. The lowest BCUT2D eigenvalue weighted by Crippen LogP contribution is -2.51. The molecule has 1 unspecified atom stereocenters. The number of aromatic nitrogens is 2. The number of likely N-dealkylation sites (N-methyl/N-ethyl adjacent to an activating group) is 1. The van der Waals surface area contributed by atoms with E-state index in [-0.39, 0.29) is 11.4 Å². The highest BCUT2D eigenvalue weighted by Gasteiger charge is 2.38. The fourth-order valence-electron chi connectivity index (χ4n) is 3.22. The molecule has 0 aliphatic carbocycles. The Morgan fingerprint density at radius 1 is 1.00 bits per heavy atom. The van der Waals surface area contributed by atoms with Gasteiger partial charge in [0.1, 0.15) is 0 Å². The molecule has 1 fully saturated rings. The fourth-order valence-corrected chi connectivity index (χ4v) is 4.96. The van der Waals surface area contributed by atoms with Crippen molar-refractivity contribution < 1.29 is 8.42 Å². The maximum absolute atomic E-state index is 13.3. The molecule has 26 heavy (non-hydrogen) atoms. The Labute approximate surface area is 151 Å². The van der Waals surface area contributed by atoms with Gasteiger partial charge in [-0.05, 0) is 12.6 Å². The first-order valence-electron chi connectivity index (χ1n) is 8.25. The van der Waals surface area contributed by atoms with E-state index in [1.54, 1.807) is 0 Å². The van der Waals surface area contributed by atoms with Gasteiger partial charge in [0.15, 0.2) is 4.90 Å². The highest BCUT2D eigenvalue weighted by Crippen LogP contribution is 2.29. The van der Waals surface area contributed by atoms with Crippen molar-refractivity contribution >= 4 is 10.0 Å². The first-order valence-corrected chi connectivity index (χ1v) is 9.69. The number of aryl methyl sites for hydroxylation is 1. The van der Waals surface area contributed by atoms with E-state index in [0.717, 1.165) is 20.9 Å². The second kappa shape index (κ2) is 6.82. The van der Waals surface area contributed by atoms with Crippen LogP contribution in [0.4, 0.5) is 0 Å². The van der Waals surface area contributed by atoms with Crippen LogP contribution in [0.1, 0.15) is 11.6 Å². The molecule has 1 aromatic heterocycles. The zero-order chi connectivity index (χ0) is 19.1. The Hall–Kier alpha value is -2.23. The van der Waals surface area contributed by atoms with Crippen LogP contribution in [0, 0.1) is 0 Å². The lowest BCUT2D eigenvalue weighted by Gasteiger charge is -2.39. The molecule has 0 bridgehead atoms. The fraction of sp³-hybridized carbons (Fsp3) is 0.412. The molecule has 0 N–H and O–H groups in total. The Balaban J connectivity index is 2.14. The Kier molecular flexibility index (Phi) is 4.87. The smallest absolute Gasteiger partial charge is 0.303 e. The quantitative estimate of drug-likeness (QED) is 0.736. The van der Waals surface area contributed by atoms with Crippen molar-refractivity contribution in [1.82, 2.24) is 18.3 Å². The van der Waals surface area contributed by atoms with Gasteiger partial charge in [-0.15, -0.1) is 0 Å². The maximum atomic E-state index is 13.3. The molecule has 0 spiro atoms. The molecule has 0 radical (unpaired) electrons. The zero-order valence-electron chi connectivity index (χ0n) is 15.0. The minimum Gasteiger partial charge on any atom is -0.303 e. The molecular weight excluding hydrogens is 356 g/mol. The minimum absolute atomic E-state index is 0.268. The monoisotopic (exact) mass is 378 g/mol. The minimum atomic E-state index is -4.06. The van der Waals surface area contributed by atoms with Crippen LogP contribution >= 0.6 is 0 Å². The predicted molar refractivity (Wildman–Crippen MR) is 97.5 cm³/mol. The van der Waals surface area contributed by atoms with Crippen LogP contribution < -0.4 is 11.2 Å². The normalized spacial score (nSPS) is 19.6. The van der Waals surface area contributed by atoms with E-state index < -0.39 is 27.3 Å². The van der Waals surface area contributed by atoms with Crippen LogP contribution in [0.5, 0.6) is 0 Å². The molecule has 0 amide bonds. The van der Waals surface area contributed by atoms with Gasteiger partial charge in [0.05, 0.1) is 6.04 Å². The summed E-state index contributed by atoms with van der Waals surface area (Å²) in [6, 6.07) is 8.95. The van der Waals surface area contributed by atoms with Crippen LogP contribution in [0.15, 0.2) is 51.0 Å². The summed E-state index contributed by atoms with van der Waals surface area (Å²) in [5, 5.41) is 0. The molecular formula is C17H22N4O4S. The second-order valence-corrected chi connectivity index (χ2v) is 8.41. The SMILES string of the molecule is CN1CCN(S(=O)(=O)c2cn(C)c(=O)n(C)c2=O)C(c2ccccc2)C1. The standard InChI is InChI=1S/C17H22N4O4S/c1-18-9-10-21(14(11-18)13-7-5-4-6-8-13)26(24,25)15-12-19(2)17(23)20(3)16(15)22/h4-8,12,14H,9-11H2,1-3H3. The first kappa shape index (κ1) is 18.6. The number of rotatable bonds is 3. The summed E-state index contributed by atoms with van der Waals surface area (Å²) in [4.78, 5) is 26.0. The van der Waals surface area contributed by atoms with Crippen LogP contribution in [0.3, 0.4) is 0 Å². The average molecular weight is 378 g/mol. The summed E-state index contributed by atoms with van der Waals surface area (Å²) >= 11 is 0. The second-order valence-electron chi connectivity index (χ2n) is 6.56. The molecule has 1 atom stereocenters.